The Morgan fingerprint density at radius 3 is 2.93 bits per heavy atom. The van der Waals surface area contributed by atoms with E-state index in [2.05, 4.69) is 17.1 Å². The second-order valence-corrected chi connectivity index (χ2v) is 3.41. The number of methoxy groups -OCH3 is 1. The quantitative estimate of drug-likeness (QED) is 0.824. The Bertz CT molecular complexity index is 468. The maximum Gasteiger partial charge on any atom is 0.221 e. The van der Waals surface area contributed by atoms with E-state index in [4.69, 9.17) is 10.5 Å². The van der Waals surface area contributed by atoms with Crippen LogP contribution in [0.5, 0.6) is 5.88 Å². The van der Waals surface area contributed by atoms with Gasteiger partial charge in [0.15, 0.2) is 0 Å². The summed E-state index contributed by atoms with van der Waals surface area (Å²) in [5.74, 6) is 0.673. The fraction of sp³-hybridized carbons (Fsp3) is 0.250. The Labute approximate surface area is 88.9 Å². The molecule has 0 atom stereocenters. The fourth-order valence-corrected chi connectivity index (χ4v) is 1.68. The first-order valence-electron chi connectivity index (χ1n) is 4.97. The van der Waals surface area contributed by atoms with E-state index < -0.39 is 0 Å². The Morgan fingerprint density at radius 1 is 1.33 bits per heavy atom. The molecular formula is C12H14N2O. The third-order valence-corrected chi connectivity index (χ3v) is 2.42. The van der Waals surface area contributed by atoms with Gasteiger partial charge in [-0.05, 0) is 36.0 Å². The topological polar surface area (TPSA) is 48.1 Å². The van der Waals surface area contributed by atoms with E-state index in [9.17, 15) is 0 Å². The van der Waals surface area contributed by atoms with Crippen LogP contribution >= 0.6 is 0 Å². The predicted octanol–water partition coefficient (Wildman–Crippen LogP) is 1.74. The zero-order chi connectivity index (χ0) is 10.7. The highest BCUT2D eigenvalue weighted by Crippen LogP contribution is 2.23. The minimum absolute atomic E-state index is 0.673. The average Bonchev–Trinajstić information content (AvgIpc) is 2.28. The Kier molecular flexibility index (Phi) is 2.83. The number of hydrogen-bond acceptors (Lipinski definition) is 3. The van der Waals surface area contributed by atoms with E-state index >= 15 is 0 Å². The Hall–Kier alpha value is -1.61. The molecule has 3 nitrogen and oxygen atoms in total. The second-order valence-electron chi connectivity index (χ2n) is 3.41. The van der Waals surface area contributed by atoms with Crippen LogP contribution in [0, 0.1) is 0 Å². The number of fused-ring (bicyclic) bond motifs is 1. The van der Waals surface area contributed by atoms with Crippen molar-refractivity contribution in [1.82, 2.24) is 4.98 Å². The van der Waals surface area contributed by atoms with E-state index in [0.29, 0.717) is 12.4 Å². The molecule has 2 rings (SSSR count). The first-order valence-corrected chi connectivity index (χ1v) is 4.97. The molecule has 0 aliphatic carbocycles. The number of pyridine rings is 1. The summed E-state index contributed by atoms with van der Waals surface area (Å²) in [6, 6.07) is 8.22. The molecule has 2 aromatic rings. The van der Waals surface area contributed by atoms with Crippen molar-refractivity contribution in [3.63, 3.8) is 0 Å². The third-order valence-electron chi connectivity index (χ3n) is 2.42. The molecule has 3 heteroatoms. The summed E-state index contributed by atoms with van der Waals surface area (Å²) in [5.41, 5.74) is 6.77. The summed E-state index contributed by atoms with van der Waals surface area (Å²) >= 11 is 0. The molecule has 0 fully saturated rings. The normalized spacial score (nSPS) is 10.5. The number of nitrogens with two attached hydrogens (primary N) is 1. The predicted molar refractivity (Wildman–Crippen MR) is 61.1 cm³/mol. The van der Waals surface area contributed by atoms with Gasteiger partial charge >= 0.3 is 0 Å². The van der Waals surface area contributed by atoms with Gasteiger partial charge in [-0.25, -0.2) is 4.98 Å². The van der Waals surface area contributed by atoms with Crippen LogP contribution in [0.2, 0.25) is 0 Å². The molecule has 0 radical (unpaired) electrons. The Balaban J connectivity index is 2.53. The van der Waals surface area contributed by atoms with Crippen LogP contribution in [0.25, 0.3) is 10.8 Å². The number of benzene rings is 1. The van der Waals surface area contributed by atoms with Crippen LogP contribution in [0.15, 0.2) is 30.5 Å². The molecule has 0 saturated heterocycles. The molecule has 2 N–H and O–H groups in total. The zero-order valence-electron chi connectivity index (χ0n) is 8.73. The van der Waals surface area contributed by atoms with Crippen molar-refractivity contribution < 1.29 is 4.74 Å². The summed E-state index contributed by atoms with van der Waals surface area (Å²) in [6.07, 6.45) is 2.66. The molecule has 0 bridgehead atoms. The first kappa shape index (κ1) is 9.93. The van der Waals surface area contributed by atoms with Crippen LogP contribution < -0.4 is 10.5 Å². The van der Waals surface area contributed by atoms with Crippen molar-refractivity contribution >= 4 is 10.8 Å². The van der Waals surface area contributed by atoms with Crippen LogP contribution in [0.1, 0.15) is 5.56 Å². The number of ether oxygens (including phenoxy) is 1. The molecule has 0 unspecified atom stereocenters. The van der Waals surface area contributed by atoms with Crippen LogP contribution in [0.3, 0.4) is 0 Å². The van der Waals surface area contributed by atoms with E-state index in [1.165, 1.54) is 5.56 Å². The van der Waals surface area contributed by atoms with Crippen LogP contribution in [0.4, 0.5) is 0 Å². The third kappa shape index (κ3) is 1.92. The van der Waals surface area contributed by atoms with E-state index in [-0.39, 0.29) is 0 Å². The molecule has 0 spiro atoms. The molecule has 1 aromatic heterocycles. The SMILES string of the molecule is COc1nccc2cc(CCN)ccc12. The highest BCUT2D eigenvalue weighted by atomic mass is 16.5. The molecule has 1 aromatic carbocycles. The smallest absolute Gasteiger partial charge is 0.221 e. The molecule has 0 saturated carbocycles. The lowest BCUT2D eigenvalue weighted by atomic mass is 10.1. The lowest BCUT2D eigenvalue weighted by Gasteiger charge is -2.05. The monoisotopic (exact) mass is 202 g/mol. The van der Waals surface area contributed by atoms with Crippen molar-refractivity contribution in [1.29, 1.82) is 0 Å². The van der Waals surface area contributed by atoms with Crippen molar-refractivity contribution in [2.75, 3.05) is 13.7 Å². The highest BCUT2D eigenvalue weighted by molar-refractivity contribution is 5.87. The highest BCUT2D eigenvalue weighted by Gasteiger charge is 2.02. The van der Waals surface area contributed by atoms with Gasteiger partial charge in [-0.15, -0.1) is 0 Å². The minimum Gasteiger partial charge on any atom is -0.481 e. The fourth-order valence-electron chi connectivity index (χ4n) is 1.68. The van der Waals surface area contributed by atoms with Gasteiger partial charge in [-0.1, -0.05) is 12.1 Å². The van der Waals surface area contributed by atoms with Gasteiger partial charge in [0.1, 0.15) is 0 Å². The van der Waals surface area contributed by atoms with Crippen molar-refractivity contribution in [2.45, 2.75) is 6.42 Å². The van der Waals surface area contributed by atoms with Crippen molar-refractivity contribution in [3.8, 4) is 5.88 Å². The molecule has 1 heterocycles. The lowest BCUT2D eigenvalue weighted by molar-refractivity contribution is 0.403. The van der Waals surface area contributed by atoms with Gasteiger partial charge in [-0.2, -0.15) is 0 Å². The van der Waals surface area contributed by atoms with Crippen molar-refractivity contribution in [3.05, 3.63) is 36.0 Å². The lowest BCUT2D eigenvalue weighted by Crippen LogP contribution is -2.02. The first-order chi connectivity index (χ1) is 7.35. The molecular weight excluding hydrogens is 188 g/mol. The van der Waals surface area contributed by atoms with Crippen LogP contribution in [-0.4, -0.2) is 18.6 Å². The molecule has 0 aliphatic rings. The van der Waals surface area contributed by atoms with E-state index in [1.54, 1.807) is 13.3 Å². The van der Waals surface area contributed by atoms with Crippen molar-refractivity contribution in [2.24, 2.45) is 5.73 Å². The Morgan fingerprint density at radius 2 is 2.20 bits per heavy atom. The number of hydrogen-bond donors (Lipinski definition) is 1. The molecule has 0 aliphatic heterocycles. The maximum atomic E-state index is 5.52. The second kappa shape index (κ2) is 4.28. The largest absolute Gasteiger partial charge is 0.481 e. The summed E-state index contributed by atoms with van der Waals surface area (Å²) in [6.45, 7) is 0.674. The summed E-state index contributed by atoms with van der Waals surface area (Å²) < 4.78 is 5.19. The van der Waals surface area contributed by atoms with E-state index in [0.717, 1.165) is 17.2 Å². The van der Waals surface area contributed by atoms with Gasteiger partial charge in [0.2, 0.25) is 5.88 Å². The van der Waals surface area contributed by atoms with Crippen LogP contribution in [-0.2, 0) is 6.42 Å². The summed E-state index contributed by atoms with van der Waals surface area (Å²) in [5, 5.41) is 2.19. The average molecular weight is 202 g/mol. The van der Waals surface area contributed by atoms with Gasteiger partial charge in [-0.3, -0.25) is 0 Å². The number of nitrogens with zero attached hydrogens (tertiary/aromatic N) is 1. The minimum atomic E-state index is 0.673. The standard InChI is InChI=1S/C12H14N2O/c1-15-12-11-3-2-9(4-6-13)8-10(11)5-7-14-12/h2-3,5,7-8H,4,6,13H2,1H3. The summed E-state index contributed by atoms with van der Waals surface area (Å²) in [4.78, 5) is 4.15. The van der Waals surface area contributed by atoms with Gasteiger partial charge in [0.05, 0.1) is 7.11 Å². The zero-order valence-corrected chi connectivity index (χ0v) is 8.73. The number of rotatable bonds is 3. The van der Waals surface area contributed by atoms with Gasteiger partial charge < -0.3 is 10.5 Å². The molecule has 78 valence electrons. The van der Waals surface area contributed by atoms with Gasteiger partial charge in [0.25, 0.3) is 0 Å². The number of aromatic nitrogens is 1. The molecule has 15 heavy (non-hydrogen) atoms. The molecule has 0 amide bonds. The van der Waals surface area contributed by atoms with Gasteiger partial charge in [0, 0.05) is 11.6 Å². The summed E-state index contributed by atoms with van der Waals surface area (Å²) in [7, 11) is 1.63. The van der Waals surface area contributed by atoms with E-state index in [1.807, 2.05) is 12.1 Å². The maximum absolute atomic E-state index is 5.52.